The van der Waals surface area contributed by atoms with E-state index in [2.05, 4.69) is 12.2 Å². The molecule has 0 aromatic rings. The molecule has 2 N–H and O–H groups in total. The summed E-state index contributed by atoms with van der Waals surface area (Å²) in [4.78, 5) is 0. The Morgan fingerprint density at radius 2 is 1.62 bits per heavy atom. The van der Waals surface area contributed by atoms with Gasteiger partial charge in [0.15, 0.2) is 0 Å². The second-order valence-electron chi connectivity index (χ2n) is 5.83. The fraction of sp³-hybridized carbons (Fsp3) is 1.00. The third-order valence-electron chi connectivity index (χ3n) is 4.45. The zero-order chi connectivity index (χ0) is 11.4. The van der Waals surface area contributed by atoms with E-state index in [1.54, 1.807) is 0 Å². The minimum Gasteiger partial charge on any atom is -0.393 e. The maximum atomic E-state index is 10.3. The monoisotopic (exact) mass is 225 g/mol. The molecule has 0 aromatic heterocycles. The van der Waals surface area contributed by atoms with Crippen molar-refractivity contribution in [2.45, 2.75) is 82.9 Å². The van der Waals surface area contributed by atoms with Crippen molar-refractivity contribution in [3.05, 3.63) is 0 Å². The van der Waals surface area contributed by atoms with Gasteiger partial charge in [0, 0.05) is 18.0 Å². The highest BCUT2D eigenvalue weighted by atomic mass is 16.3. The molecule has 2 rings (SSSR count). The van der Waals surface area contributed by atoms with Gasteiger partial charge in [-0.1, -0.05) is 32.1 Å². The quantitative estimate of drug-likeness (QED) is 0.719. The summed E-state index contributed by atoms with van der Waals surface area (Å²) in [6.07, 6.45) is 11.3. The Morgan fingerprint density at radius 1 is 0.875 bits per heavy atom. The molecule has 0 spiro atoms. The van der Waals surface area contributed by atoms with Crippen LogP contribution < -0.4 is 5.32 Å². The largest absolute Gasteiger partial charge is 0.393 e. The second kappa shape index (κ2) is 6.02. The second-order valence-corrected chi connectivity index (χ2v) is 5.83. The first-order valence-corrected chi connectivity index (χ1v) is 7.21. The minimum absolute atomic E-state index is 0.0527. The van der Waals surface area contributed by atoms with Gasteiger partial charge in [0.2, 0.25) is 0 Å². The molecule has 0 aromatic carbocycles. The number of hydrogen-bond acceptors (Lipinski definition) is 2. The Kier molecular flexibility index (Phi) is 4.66. The van der Waals surface area contributed by atoms with E-state index in [1.807, 2.05) is 0 Å². The number of rotatable bonds is 1. The summed E-state index contributed by atoms with van der Waals surface area (Å²) in [6.45, 7) is 2.28. The van der Waals surface area contributed by atoms with Crippen molar-refractivity contribution in [2.24, 2.45) is 5.92 Å². The van der Waals surface area contributed by atoms with Crippen molar-refractivity contribution >= 4 is 0 Å². The number of aliphatic hydroxyl groups is 1. The predicted molar refractivity (Wildman–Crippen MR) is 67.4 cm³/mol. The third kappa shape index (κ3) is 3.21. The molecule has 1 heterocycles. The smallest absolute Gasteiger partial charge is 0.0583 e. The molecule has 0 bridgehead atoms. The van der Waals surface area contributed by atoms with Gasteiger partial charge in [0.05, 0.1) is 6.10 Å². The van der Waals surface area contributed by atoms with Crippen LogP contribution in [-0.2, 0) is 0 Å². The summed E-state index contributed by atoms with van der Waals surface area (Å²) in [6, 6.07) is 1.23. The van der Waals surface area contributed by atoms with Crippen LogP contribution in [0.25, 0.3) is 0 Å². The Balaban J connectivity index is 1.92. The van der Waals surface area contributed by atoms with Gasteiger partial charge in [-0.15, -0.1) is 0 Å². The summed E-state index contributed by atoms with van der Waals surface area (Å²) in [5.41, 5.74) is 0. The van der Waals surface area contributed by atoms with E-state index in [-0.39, 0.29) is 6.10 Å². The molecule has 2 aliphatic rings. The van der Waals surface area contributed by atoms with E-state index in [9.17, 15) is 5.11 Å². The molecule has 2 nitrogen and oxygen atoms in total. The SMILES string of the molecule is C[C@@H]1CCC[C@@H]([C@@H]2CCCCCC[C@@H]2O)N1. The van der Waals surface area contributed by atoms with E-state index in [0.717, 1.165) is 6.42 Å². The van der Waals surface area contributed by atoms with Crippen molar-refractivity contribution in [1.82, 2.24) is 5.32 Å². The first-order chi connectivity index (χ1) is 7.77. The zero-order valence-corrected chi connectivity index (χ0v) is 10.6. The van der Waals surface area contributed by atoms with Crippen molar-refractivity contribution in [2.75, 3.05) is 0 Å². The number of aliphatic hydroxyl groups excluding tert-OH is 1. The lowest BCUT2D eigenvalue weighted by Gasteiger charge is -2.38. The van der Waals surface area contributed by atoms with Gasteiger partial charge >= 0.3 is 0 Å². The first kappa shape index (κ1) is 12.4. The highest BCUT2D eigenvalue weighted by Gasteiger charge is 2.31. The van der Waals surface area contributed by atoms with Crippen LogP contribution >= 0.6 is 0 Å². The van der Waals surface area contributed by atoms with Gasteiger partial charge < -0.3 is 10.4 Å². The molecule has 1 saturated carbocycles. The summed E-state index contributed by atoms with van der Waals surface area (Å²) >= 11 is 0. The van der Waals surface area contributed by atoms with Gasteiger partial charge in [0.25, 0.3) is 0 Å². The highest BCUT2D eigenvalue weighted by molar-refractivity contribution is 4.87. The van der Waals surface area contributed by atoms with E-state index < -0.39 is 0 Å². The van der Waals surface area contributed by atoms with Crippen LogP contribution in [0.1, 0.15) is 64.7 Å². The van der Waals surface area contributed by atoms with Crippen LogP contribution in [0.5, 0.6) is 0 Å². The van der Waals surface area contributed by atoms with Crippen molar-refractivity contribution in [3.8, 4) is 0 Å². The number of nitrogens with one attached hydrogen (secondary N) is 1. The Bertz CT molecular complexity index is 207. The zero-order valence-electron chi connectivity index (χ0n) is 10.6. The minimum atomic E-state index is -0.0527. The predicted octanol–water partition coefficient (Wildman–Crippen LogP) is 2.85. The third-order valence-corrected chi connectivity index (χ3v) is 4.45. The Hall–Kier alpha value is -0.0800. The van der Waals surface area contributed by atoms with Crippen molar-refractivity contribution < 1.29 is 5.11 Å². The van der Waals surface area contributed by atoms with Crippen LogP contribution in [0.2, 0.25) is 0 Å². The molecule has 0 amide bonds. The lowest BCUT2D eigenvalue weighted by atomic mass is 9.80. The average molecular weight is 225 g/mol. The first-order valence-electron chi connectivity index (χ1n) is 7.21. The maximum Gasteiger partial charge on any atom is 0.0583 e. The van der Waals surface area contributed by atoms with E-state index in [4.69, 9.17) is 0 Å². The highest BCUT2D eigenvalue weighted by Crippen LogP contribution is 2.29. The standard InChI is InChI=1S/C14H27NO/c1-11-7-6-9-13(15-11)12-8-4-2-3-5-10-14(12)16/h11-16H,2-10H2,1H3/t11-,12+,13+,14+/m1/s1. The molecule has 94 valence electrons. The Labute approximate surface area is 99.8 Å². The normalized spacial score (nSPS) is 42.4. The Morgan fingerprint density at radius 3 is 2.38 bits per heavy atom. The maximum absolute atomic E-state index is 10.3. The molecule has 0 radical (unpaired) electrons. The van der Waals surface area contributed by atoms with Crippen LogP contribution in [0.4, 0.5) is 0 Å². The summed E-state index contributed by atoms with van der Waals surface area (Å²) in [7, 11) is 0. The fourth-order valence-electron chi connectivity index (χ4n) is 3.48. The molecule has 2 fully saturated rings. The van der Waals surface area contributed by atoms with E-state index in [1.165, 1.54) is 51.4 Å². The lowest BCUT2D eigenvalue weighted by molar-refractivity contribution is 0.0508. The molecule has 1 aliphatic carbocycles. The molecular weight excluding hydrogens is 198 g/mol. The van der Waals surface area contributed by atoms with E-state index >= 15 is 0 Å². The van der Waals surface area contributed by atoms with Crippen LogP contribution in [0.15, 0.2) is 0 Å². The van der Waals surface area contributed by atoms with Crippen LogP contribution in [0, 0.1) is 5.92 Å². The topological polar surface area (TPSA) is 32.3 Å². The summed E-state index contributed by atoms with van der Waals surface area (Å²) in [5, 5.41) is 14.0. The van der Waals surface area contributed by atoms with Crippen molar-refractivity contribution in [1.29, 1.82) is 0 Å². The van der Waals surface area contributed by atoms with Gasteiger partial charge in [-0.3, -0.25) is 0 Å². The van der Waals surface area contributed by atoms with Crippen molar-refractivity contribution in [3.63, 3.8) is 0 Å². The molecule has 2 heteroatoms. The van der Waals surface area contributed by atoms with Crippen LogP contribution in [-0.4, -0.2) is 23.3 Å². The number of piperidine rings is 1. The van der Waals surface area contributed by atoms with Crippen LogP contribution in [0.3, 0.4) is 0 Å². The van der Waals surface area contributed by atoms with Gasteiger partial charge in [-0.2, -0.15) is 0 Å². The molecule has 0 unspecified atom stereocenters. The molecule has 1 aliphatic heterocycles. The molecule has 4 atom stereocenters. The summed E-state index contributed by atoms with van der Waals surface area (Å²) in [5.74, 6) is 0.517. The van der Waals surface area contributed by atoms with E-state index in [0.29, 0.717) is 18.0 Å². The fourth-order valence-corrected chi connectivity index (χ4v) is 3.48. The van der Waals surface area contributed by atoms with Gasteiger partial charge in [-0.05, 0) is 32.6 Å². The van der Waals surface area contributed by atoms with Gasteiger partial charge in [-0.25, -0.2) is 0 Å². The average Bonchev–Trinajstić information content (AvgIpc) is 2.24. The molecular formula is C14H27NO. The molecule has 16 heavy (non-hydrogen) atoms. The summed E-state index contributed by atoms with van der Waals surface area (Å²) < 4.78 is 0. The molecule has 1 saturated heterocycles. The van der Waals surface area contributed by atoms with Gasteiger partial charge in [0.1, 0.15) is 0 Å². The number of hydrogen-bond donors (Lipinski definition) is 2. The lowest BCUT2D eigenvalue weighted by Crippen LogP contribution is -2.48.